The van der Waals surface area contributed by atoms with Gasteiger partial charge in [0.25, 0.3) is 0 Å². The van der Waals surface area contributed by atoms with Crippen molar-refractivity contribution in [3.05, 3.63) is 18.0 Å². The smallest absolute Gasteiger partial charge is 0.0589 e. The van der Waals surface area contributed by atoms with Gasteiger partial charge in [0.05, 0.1) is 12.8 Å². The van der Waals surface area contributed by atoms with Crippen molar-refractivity contribution in [2.75, 3.05) is 33.4 Å². The number of ether oxygens (including phenoxy) is 1. The van der Waals surface area contributed by atoms with Gasteiger partial charge in [0.1, 0.15) is 0 Å². The molecule has 0 spiro atoms. The van der Waals surface area contributed by atoms with Gasteiger partial charge in [-0.15, -0.1) is 0 Å². The van der Waals surface area contributed by atoms with Gasteiger partial charge in [-0.25, -0.2) is 0 Å². The Morgan fingerprint density at radius 3 is 3.00 bits per heavy atom. The largest absolute Gasteiger partial charge is 0.383 e. The van der Waals surface area contributed by atoms with Gasteiger partial charge >= 0.3 is 0 Å². The first-order valence-electron chi connectivity index (χ1n) is 7.66. The van der Waals surface area contributed by atoms with Gasteiger partial charge in [-0.3, -0.25) is 9.58 Å². The zero-order valence-electron chi connectivity index (χ0n) is 13.0. The Labute approximate surface area is 122 Å². The van der Waals surface area contributed by atoms with Gasteiger partial charge in [-0.2, -0.15) is 5.10 Å². The molecular weight excluding hydrogens is 252 g/mol. The number of hydrogen-bond acceptors (Lipinski definition) is 4. The van der Waals surface area contributed by atoms with E-state index in [4.69, 9.17) is 4.74 Å². The van der Waals surface area contributed by atoms with Crippen molar-refractivity contribution in [1.82, 2.24) is 20.0 Å². The van der Waals surface area contributed by atoms with Crippen LogP contribution >= 0.6 is 0 Å². The first kappa shape index (κ1) is 15.5. The van der Waals surface area contributed by atoms with Crippen molar-refractivity contribution in [3.63, 3.8) is 0 Å². The lowest BCUT2D eigenvalue weighted by Gasteiger charge is -2.24. The van der Waals surface area contributed by atoms with E-state index in [0.29, 0.717) is 12.1 Å². The van der Waals surface area contributed by atoms with Crippen molar-refractivity contribution in [2.45, 2.75) is 45.3 Å². The molecule has 2 heterocycles. The Morgan fingerprint density at radius 1 is 1.55 bits per heavy atom. The molecule has 1 aliphatic rings. The maximum atomic E-state index is 5.24. The van der Waals surface area contributed by atoms with E-state index in [1.807, 2.05) is 10.9 Å². The van der Waals surface area contributed by atoms with Crippen molar-refractivity contribution < 1.29 is 4.74 Å². The molecule has 1 N–H and O–H groups in total. The summed E-state index contributed by atoms with van der Waals surface area (Å²) in [6, 6.07) is 1.06. The Morgan fingerprint density at radius 2 is 2.40 bits per heavy atom. The van der Waals surface area contributed by atoms with Gasteiger partial charge in [-0.05, 0) is 33.2 Å². The predicted octanol–water partition coefficient (Wildman–Crippen LogP) is 1.66. The SMILES string of the molecule is COCCN(Cc1cnn(C(C)C)c1)CC1CCCN1. The molecule has 0 aromatic carbocycles. The Bertz CT molecular complexity index is 385. The van der Waals surface area contributed by atoms with Crippen molar-refractivity contribution in [2.24, 2.45) is 0 Å². The summed E-state index contributed by atoms with van der Waals surface area (Å²) in [6.07, 6.45) is 6.73. The number of aromatic nitrogens is 2. The fraction of sp³-hybridized carbons (Fsp3) is 0.800. The van der Waals surface area contributed by atoms with Crippen LogP contribution in [0.4, 0.5) is 0 Å². The molecule has 1 aliphatic heterocycles. The molecule has 1 unspecified atom stereocenters. The van der Waals surface area contributed by atoms with Crippen LogP contribution in [0, 0.1) is 0 Å². The minimum atomic E-state index is 0.424. The molecule has 5 nitrogen and oxygen atoms in total. The molecule has 20 heavy (non-hydrogen) atoms. The van der Waals surface area contributed by atoms with Crippen molar-refractivity contribution in [1.29, 1.82) is 0 Å². The third-order valence-corrected chi connectivity index (χ3v) is 3.84. The minimum Gasteiger partial charge on any atom is -0.383 e. The molecule has 1 atom stereocenters. The second-order valence-electron chi connectivity index (χ2n) is 5.94. The first-order valence-corrected chi connectivity index (χ1v) is 7.66. The minimum absolute atomic E-state index is 0.424. The molecule has 0 amide bonds. The van der Waals surface area contributed by atoms with Crippen LogP contribution < -0.4 is 5.32 Å². The summed E-state index contributed by atoms with van der Waals surface area (Å²) < 4.78 is 7.26. The van der Waals surface area contributed by atoms with Crippen LogP contribution in [0.15, 0.2) is 12.4 Å². The van der Waals surface area contributed by atoms with Gasteiger partial charge in [0.2, 0.25) is 0 Å². The van der Waals surface area contributed by atoms with Crippen LogP contribution in [0.25, 0.3) is 0 Å². The lowest BCUT2D eigenvalue weighted by atomic mass is 10.2. The number of nitrogens with one attached hydrogen (secondary N) is 1. The highest BCUT2D eigenvalue weighted by molar-refractivity contribution is 5.04. The molecular formula is C15H28N4O. The summed E-state index contributed by atoms with van der Waals surface area (Å²) in [6.45, 7) is 9.27. The van der Waals surface area contributed by atoms with Gasteiger partial charge in [0, 0.05) is 50.6 Å². The standard InChI is InChI=1S/C15H28N4O/c1-13(2)19-11-14(9-17-19)10-18(7-8-20-3)12-15-5-4-6-16-15/h9,11,13,15-16H,4-8,10,12H2,1-3H3. The average Bonchev–Trinajstić information content (AvgIpc) is 3.07. The van der Waals surface area contributed by atoms with E-state index < -0.39 is 0 Å². The topological polar surface area (TPSA) is 42.3 Å². The second-order valence-corrected chi connectivity index (χ2v) is 5.94. The number of nitrogens with zero attached hydrogens (tertiary/aromatic N) is 3. The van der Waals surface area contributed by atoms with E-state index >= 15 is 0 Å². The van der Waals surface area contributed by atoms with Crippen LogP contribution in [0.1, 0.15) is 38.3 Å². The number of hydrogen-bond donors (Lipinski definition) is 1. The summed E-state index contributed by atoms with van der Waals surface area (Å²) in [5, 5.41) is 7.99. The van der Waals surface area contributed by atoms with Gasteiger partial charge in [-0.1, -0.05) is 0 Å². The van der Waals surface area contributed by atoms with Gasteiger partial charge in [0.15, 0.2) is 0 Å². The maximum absolute atomic E-state index is 5.24. The van der Waals surface area contributed by atoms with E-state index in [9.17, 15) is 0 Å². The molecule has 0 aliphatic carbocycles. The second kappa shape index (κ2) is 7.76. The Balaban J connectivity index is 1.90. The fourth-order valence-electron chi connectivity index (χ4n) is 2.68. The van der Waals surface area contributed by atoms with E-state index in [0.717, 1.165) is 32.8 Å². The zero-order chi connectivity index (χ0) is 14.4. The monoisotopic (exact) mass is 280 g/mol. The van der Waals surface area contributed by atoms with Crippen LogP contribution in [0.5, 0.6) is 0 Å². The van der Waals surface area contributed by atoms with Crippen LogP contribution in [-0.2, 0) is 11.3 Å². The highest BCUT2D eigenvalue weighted by atomic mass is 16.5. The summed E-state index contributed by atoms with van der Waals surface area (Å²) >= 11 is 0. The highest BCUT2D eigenvalue weighted by Gasteiger charge is 2.18. The van der Waals surface area contributed by atoms with E-state index in [-0.39, 0.29) is 0 Å². The molecule has 1 saturated heterocycles. The number of methoxy groups -OCH3 is 1. The summed E-state index contributed by atoms with van der Waals surface area (Å²) in [7, 11) is 1.77. The Kier molecular flexibility index (Phi) is 6.01. The molecule has 1 fully saturated rings. The lowest BCUT2D eigenvalue weighted by molar-refractivity contribution is 0.138. The van der Waals surface area contributed by atoms with Crippen LogP contribution in [0.3, 0.4) is 0 Å². The van der Waals surface area contributed by atoms with E-state index in [1.165, 1.54) is 18.4 Å². The highest BCUT2D eigenvalue weighted by Crippen LogP contribution is 2.11. The van der Waals surface area contributed by atoms with Crippen LogP contribution in [-0.4, -0.2) is 54.1 Å². The number of rotatable bonds is 8. The van der Waals surface area contributed by atoms with Crippen molar-refractivity contribution >= 4 is 0 Å². The Hall–Kier alpha value is -0.910. The normalized spacial score (nSPS) is 19.4. The summed E-state index contributed by atoms with van der Waals surface area (Å²) in [5.41, 5.74) is 1.29. The van der Waals surface area contributed by atoms with Crippen LogP contribution in [0.2, 0.25) is 0 Å². The molecule has 2 rings (SSSR count). The fourth-order valence-corrected chi connectivity index (χ4v) is 2.68. The molecule has 114 valence electrons. The summed E-state index contributed by atoms with van der Waals surface area (Å²) in [4.78, 5) is 2.47. The molecule has 1 aromatic heterocycles. The van der Waals surface area contributed by atoms with E-state index in [2.05, 4.69) is 35.4 Å². The quantitative estimate of drug-likeness (QED) is 0.786. The molecule has 0 saturated carbocycles. The maximum Gasteiger partial charge on any atom is 0.0589 e. The first-order chi connectivity index (χ1) is 9.69. The third-order valence-electron chi connectivity index (χ3n) is 3.84. The van der Waals surface area contributed by atoms with E-state index in [1.54, 1.807) is 7.11 Å². The summed E-state index contributed by atoms with van der Waals surface area (Å²) in [5.74, 6) is 0. The lowest BCUT2D eigenvalue weighted by Crippen LogP contribution is -2.38. The van der Waals surface area contributed by atoms with Gasteiger partial charge < -0.3 is 10.1 Å². The molecule has 5 heteroatoms. The van der Waals surface area contributed by atoms with Crippen molar-refractivity contribution in [3.8, 4) is 0 Å². The molecule has 0 bridgehead atoms. The average molecular weight is 280 g/mol. The third kappa shape index (κ3) is 4.58. The molecule has 0 radical (unpaired) electrons. The molecule has 1 aromatic rings. The zero-order valence-corrected chi connectivity index (χ0v) is 13.0. The predicted molar refractivity (Wildman–Crippen MR) is 80.8 cm³/mol.